The highest BCUT2D eigenvalue weighted by Crippen LogP contribution is 2.16. The molecule has 2 aromatic carbocycles. The van der Waals surface area contributed by atoms with Crippen LogP contribution in [-0.4, -0.2) is 29.1 Å². The van der Waals surface area contributed by atoms with Crippen molar-refractivity contribution in [2.75, 3.05) is 13.7 Å². The molecule has 0 aliphatic carbocycles. The van der Waals surface area contributed by atoms with E-state index in [1.807, 2.05) is 36.5 Å². The number of hydrogen-bond donors (Lipinski definition) is 1. The zero-order chi connectivity index (χ0) is 17.5. The molecule has 3 rings (SSSR count). The number of imidazole rings is 1. The molecular formula is C20H21N3O2. The van der Waals surface area contributed by atoms with Crippen molar-refractivity contribution in [3.8, 4) is 5.75 Å². The SMILES string of the molecule is COc1ccccc1C(=O)NCCc1nccn1Cc1ccccc1. The Morgan fingerprint density at radius 3 is 2.68 bits per heavy atom. The molecule has 1 N–H and O–H groups in total. The van der Waals surface area contributed by atoms with Crippen LogP contribution >= 0.6 is 0 Å². The van der Waals surface area contributed by atoms with Gasteiger partial charge < -0.3 is 14.6 Å². The largest absolute Gasteiger partial charge is 0.496 e. The summed E-state index contributed by atoms with van der Waals surface area (Å²) in [7, 11) is 1.56. The zero-order valence-electron chi connectivity index (χ0n) is 14.2. The maximum absolute atomic E-state index is 12.3. The van der Waals surface area contributed by atoms with Crippen LogP contribution in [0.5, 0.6) is 5.75 Å². The standard InChI is InChI=1S/C20H21N3O2/c1-25-18-10-6-5-9-17(18)20(24)22-12-11-19-21-13-14-23(19)15-16-7-3-2-4-8-16/h2-10,13-14H,11-12,15H2,1H3,(H,22,24). The monoisotopic (exact) mass is 335 g/mol. The van der Waals surface area contributed by atoms with Crippen molar-refractivity contribution in [2.45, 2.75) is 13.0 Å². The van der Waals surface area contributed by atoms with E-state index in [2.05, 4.69) is 27.0 Å². The third-order valence-electron chi connectivity index (χ3n) is 3.98. The van der Waals surface area contributed by atoms with Crippen LogP contribution in [0.15, 0.2) is 67.0 Å². The fraction of sp³-hybridized carbons (Fsp3) is 0.200. The first-order valence-electron chi connectivity index (χ1n) is 8.23. The number of carbonyl (C=O) groups excluding carboxylic acids is 1. The van der Waals surface area contributed by atoms with E-state index in [1.54, 1.807) is 25.4 Å². The quantitative estimate of drug-likeness (QED) is 0.722. The molecule has 0 atom stereocenters. The van der Waals surface area contributed by atoms with Gasteiger partial charge in [0.1, 0.15) is 11.6 Å². The van der Waals surface area contributed by atoms with E-state index in [1.165, 1.54) is 5.56 Å². The van der Waals surface area contributed by atoms with E-state index in [9.17, 15) is 4.79 Å². The smallest absolute Gasteiger partial charge is 0.255 e. The van der Waals surface area contributed by atoms with Gasteiger partial charge in [-0.25, -0.2) is 4.98 Å². The molecular weight excluding hydrogens is 314 g/mol. The van der Waals surface area contributed by atoms with Gasteiger partial charge >= 0.3 is 0 Å². The molecule has 3 aromatic rings. The Kier molecular flexibility index (Phi) is 5.46. The van der Waals surface area contributed by atoms with E-state index in [0.29, 0.717) is 24.3 Å². The first kappa shape index (κ1) is 16.8. The van der Waals surface area contributed by atoms with Crippen LogP contribution < -0.4 is 10.1 Å². The summed E-state index contributed by atoms with van der Waals surface area (Å²) in [6.45, 7) is 1.29. The van der Waals surface area contributed by atoms with Gasteiger partial charge in [-0.3, -0.25) is 4.79 Å². The van der Waals surface area contributed by atoms with Crippen molar-refractivity contribution in [3.05, 3.63) is 83.9 Å². The number of nitrogens with zero attached hydrogens (tertiary/aromatic N) is 2. The lowest BCUT2D eigenvalue weighted by atomic mass is 10.2. The topological polar surface area (TPSA) is 56.1 Å². The number of ether oxygens (including phenoxy) is 1. The van der Waals surface area contributed by atoms with Crippen LogP contribution in [0.1, 0.15) is 21.7 Å². The Balaban J connectivity index is 1.58. The number of benzene rings is 2. The normalized spacial score (nSPS) is 10.4. The second-order valence-electron chi connectivity index (χ2n) is 5.66. The number of aromatic nitrogens is 2. The molecule has 0 fully saturated rings. The van der Waals surface area contributed by atoms with Gasteiger partial charge in [0.25, 0.3) is 5.91 Å². The highest BCUT2D eigenvalue weighted by molar-refractivity contribution is 5.96. The van der Waals surface area contributed by atoms with E-state index in [4.69, 9.17) is 4.74 Å². The number of nitrogens with one attached hydrogen (secondary N) is 1. The predicted molar refractivity (Wildman–Crippen MR) is 96.8 cm³/mol. The summed E-state index contributed by atoms with van der Waals surface area (Å²) in [6.07, 6.45) is 4.42. The molecule has 0 unspecified atom stereocenters. The summed E-state index contributed by atoms with van der Waals surface area (Å²) >= 11 is 0. The van der Waals surface area contributed by atoms with Crippen molar-refractivity contribution >= 4 is 5.91 Å². The lowest BCUT2D eigenvalue weighted by Gasteiger charge is -2.10. The van der Waals surface area contributed by atoms with Crippen molar-refractivity contribution in [3.63, 3.8) is 0 Å². The Morgan fingerprint density at radius 1 is 1.12 bits per heavy atom. The molecule has 0 saturated carbocycles. The summed E-state index contributed by atoms with van der Waals surface area (Å²) in [5.41, 5.74) is 1.76. The maximum atomic E-state index is 12.3. The second-order valence-corrected chi connectivity index (χ2v) is 5.66. The van der Waals surface area contributed by atoms with Gasteiger partial charge in [0.15, 0.2) is 0 Å². The van der Waals surface area contributed by atoms with Crippen LogP contribution in [0.2, 0.25) is 0 Å². The van der Waals surface area contributed by atoms with Crippen molar-refractivity contribution in [2.24, 2.45) is 0 Å². The molecule has 0 aliphatic heterocycles. The van der Waals surface area contributed by atoms with Crippen LogP contribution in [0.4, 0.5) is 0 Å². The number of amides is 1. The van der Waals surface area contributed by atoms with Gasteiger partial charge in [0.05, 0.1) is 12.7 Å². The molecule has 5 heteroatoms. The van der Waals surface area contributed by atoms with Crippen LogP contribution in [0.25, 0.3) is 0 Å². The summed E-state index contributed by atoms with van der Waals surface area (Å²) in [5.74, 6) is 1.38. The fourth-order valence-corrected chi connectivity index (χ4v) is 2.71. The number of hydrogen-bond acceptors (Lipinski definition) is 3. The van der Waals surface area contributed by atoms with E-state index >= 15 is 0 Å². The highest BCUT2D eigenvalue weighted by Gasteiger charge is 2.11. The Labute approximate surface area is 147 Å². The van der Waals surface area contributed by atoms with Crippen molar-refractivity contribution < 1.29 is 9.53 Å². The molecule has 0 spiro atoms. The molecule has 128 valence electrons. The minimum Gasteiger partial charge on any atom is -0.496 e. The fourth-order valence-electron chi connectivity index (χ4n) is 2.71. The van der Waals surface area contributed by atoms with Gasteiger partial charge in [0.2, 0.25) is 0 Å². The molecule has 1 aromatic heterocycles. The number of para-hydroxylation sites is 1. The zero-order valence-corrected chi connectivity index (χ0v) is 14.2. The Morgan fingerprint density at radius 2 is 1.88 bits per heavy atom. The third-order valence-corrected chi connectivity index (χ3v) is 3.98. The predicted octanol–water partition coefficient (Wildman–Crippen LogP) is 2.91. The first-order chi connectivity index (χ1) is 12.3. The molecule has 0 radical (unpaired) electrons. The summed E-state index contributed by atoms with van der Waals surface area (Å²) in [6, 6.07) is 17.4. The molecule has 5 nitrogen and oxygen atoms in total. The second kappa shape index (κ2) is 8.15. The van der Waals surface area contributed by atoms with Gasteiger partial charge in [0, 0.05) is 31.9 Å². The van der Waals surface area contributed by atoms with E-state index < -0.39 is 0 Å². The van der Waals surface area contributed by atoms with Crippen LogP contribution in [0, 0.1) is 0 Å². The maximum Gasteiger partial charge on any atom is 0.255 e. The molecule has 25 heavy (non-hydrogen) atoms. The minimum atomic E-state index is -0.140. The van der Waals surface area contributed by atoms with Crippen molar-refractivity contribution in [1.82, 2.24) is 14.9 Å². The average molecular weight is 335 g/mol. The Bertz CT molecular complexity index is 828. The van der Waals surface area contributed by atoms with Gasteiger partial charge in [-0.2, -0.15) is 0 Å². The summed E-state index contributed by atoms with van der Waals surface area (Å²) < 4.78 is 7.33. The molecule has 0 saturated heterocycles. The lowest BCUT2D eigenvalue weighted by molar-refractivity contribution is 0.0951. The van der Waals surface area contributed by atoms with E-state index in [-0.39, 0.29) is 5.91 Å². The summed E-state index contributed by atoms with van der Waals surface area (Å²) in [5, 5.41) is 2.93. The van der Waals surface area contributed by atoms with Crippen molar-refractivity contribution in [1.29, 1.82) is 0 Å². The number of methoxy groups -OCH3 is 1. The molecule has 1 amide bonds. The van der Waals surface area contributed by atoms with Gasteiger partial charge in [-0.1, -0.05) is 42.5 Å². The molecule has 0 bridgehead atoms. The molecule has 0 aliphatic rings. The average Bonchev–Trinajstić information content (AvgIpc) is 3.09. The van der Waals surface area contributed by atoms with Gasteiger partial charge in [-0.15, -0.1) is 0 Å². The number of carbonyl (C=O) groups is 1. The van der Waals surface area contributed by atoms with Crippen LogP contribution in [0.3, 0.4) is 0 Å². The number of rotatable bonds is 7. The third kappa shape index (κ3) is 4.26. The first-order valence-corrected chi connectivity index (χ1v) is 8.23. The van der Waals surface area contributed by atoms with Crippen LogP contribution in [-0.2, 0) is 13.0 Å². The highest BCUT2D eigenvalue weighted by atomic mass is 16.5. The summed E-state index contributed by atoms with van der Waals surface area (Å²) in [4.78, 5) is 16.7. The molecule has 1 heterocycles. The minimum absolute atomic E-state index is 0.140. The van der Waals surface area contributed by atoms with E-state index in [0.717, 1.165) is 12.4 Å². The Hall–Kier alpha value is -3.08. The lowest BCUT2D eigenvalue weighted by Crippen LogP contribution is -2.27. The van der Waals surface area contributed by atoms with Gasteiger partial charge in [-0.05, 0) is 17.7 Å².